The number of ether oxygens (including phenoxy) is 1. The van der Waals surface area contributed by atoms with Crippen LogP contribution in [-0.4, -0.2) is 40.7 Å². The van der Waals surface area contributed by atoms with Crippen molar-refractivity contribution in [2.45, 2.75) is 24.8 Å². The van der Waals surface area contributed by atoms with Gasteiger partial charge < -0.3 is 14.1 Å². The highest BCUT2D eigenvalue weighted by Crippen LogP contribution is 2.23. The second kappa shape index (κ2) is 8.73. The Labute approximate surface area is 161 Å². The second-order valence-electron chi connectivity index (χ2n) is 6.05. The Hall–Kier alpha value is -2.80. The molecule has 1 unspecified atom stereocenters. The smallest absolute Gasteiger partial charge is 0.317 e. The van der Waals surface area contributed by atoms with E-state index in [1.165, 1.54) is 0 Å². The molecular formula is C20H20N2O4S. The fourth-order valence-corrected chi connectivity index (χ4v) is 3.18. The van der Waals surface area contributed by atoms with Crippen molar-refractivity contribution in [1.29, 1.82) is 0 Å². The van der Waals surface area contributed by atoms with Gasteiger partial charge in [0, 0.05) is 13.6 Å². The zero-order valence-electron chi connectivity index (χ0n) is 15.1. The van der Waals surface area contributed by atoms with E-state index in [9.17, 15) is 9.59 Å². The molecule has 3 rings (SSSR count). The number of hydrogen-bond donors (Lipinski definition) is 0. The number of hydrogen-bond acceptors (Lipinski definition) is 6. The van der Waals surface area contributed by atoms with Crippen molar-refractivity contribution in [3.8, 4) is 0 Å². The van der Waals surface area contributed by atoms with Crippen molar-refractivity contribution in [3.05, 3.63) is 60.2 Å². The molecule has 1 atom stereocenters. The fourth-order valence-electron chi connectivity index (χ4n) is 2.56. The van der Waals surface area contributed by atoms with Crippen molar-refractivity contribution in [1.82, 2.24) is 9.88 Å². The molecule has 0 radical (unpaired) electrons. The zero-order chi connectivity index (χ0) is 19.2. The summed E-state index contributed by atoms with van der Waals surface area (Å²) >= 11 is 1.14. The maximum absolute atomic E-state index is 12.4. The average molecular weight is 384 g/mol. The molecule has 7 heteroatoms. The Morgan fingerprint density at radius 1 is 1.15 bits per heavy atom. The number of nitrogens with zero attached hydrogens (tertiary/aromatic N) is 2. The Bertz CT molecular complexity index is 893. The van der Waals surface area contributed by atoms with E-state index in [1.54, 1.807) is 18.9 Å². The van der Waals surface area contributed by atoms with Gasteiger partial charge in [0.1, 0.15) is 11.3 Å². The molecule has 140 valence electrons. The monoisotopic (exact) mass is 384 g/mol. The third-order valence-electron chi connectivity index (χ3n) is 3.88. The van der Waals surface area contributed by atoms with Crippen molar-refractivity contribution < 1.29 is 18.7 Å². The highest BCUT2D eigenvalue weighted by atomic mass is 32.2. The van der Waals surface area contributed by atoms with Crippen LogP contribution in [0.1, 0.15) is 12.5 Å². The number of carbonyl (C=O) groups is 2. The van der Waals surface area contributed by atoms with Crippen molar-refractivity contribution in [2.75, 3.05) is 12.8 Å². The summed E-state index contributed by atoms with van der Waals surface area (Å²) < 4.78 is 10.8. The molecule has 0 saturated heterocycles. The van der Waals surface area contributed by atoms with Crippen molar-refractivity contribution >= 4 is 34.7 Å². The van der Waals surface area contributed by atoms with E-state index in [1.807, 2.05) is 54.6 Å². The van der Waals surface area contributed by atoms with Crippen LogP contribution in [-0.2, 0) is 20.9 Å². The molecule has 6 nitrogen and oxygen atoms in total. The second-order valence-corrected chi connectivity index (χ2v) is 6.97. The molecule has 1 aromatic heterocycles. The Morgan fingerprint density at radius 3 is 2.59 bits per heavy atom. The summed E-state index contributed by atoms with van der Waals surface area (Å²) in [4.78, 5) is 30.3. The van der Waals surface area contributed by atoms with Gasteiger partial charge in [-0.25, -0.2) is 4.98 Å². The molecule has 1 amide bonds. The largest absolute Gasteiger partial charge is 0.452 e. The summed E-state index contributed by atoms with van der Waals surface area (Å²) in [6.07, 6.45) is -0.851. The van der Waals surface area contributed by atoms with Crippen molar-refractivity contribution in [2.24, 2.45) is 0 Å². The minimum atomic E-state index is -0.851. The van der Waals surface area contributed by atoms with E-state index >= 15 is 0 Å². The minimum Gasteiger partial charge on any atom is -0.452 e. The molecule has 27 heavy (non-hydrogen) atoms. The van der Waals surface area contributed by atoms with Gasteiger partial charge in [-0.1, -0.05) is 54.2 Å². The van der Waals surface area contributed by atoms with Crippen LogP contribution in [0.4, 0.5) is 0 Å². The zero-order valence-corrected chi connectivity index (χ0v) is 15.9. The lowest BCUT2D eigenvalue weighted by molar-refractivity contribution is -0.156. The Kier molecular flexibility index (Phi) is 6.13. The summed E-state index contributed by atoms with van der Waals surface area (Å²) in [5, 5.41) is 0.397. The van der Waals surface area contributed by atoms with Crippen LogP contribution in [0.15, 0.2) is 64.2 Å². The van der Waals surface area contributed by atoms with Gasteiger partial charge in [0.05, 0.1) is 0 Å². The molecule has 0 saturated carbocycles. The third kappa shape index (κ3) is 5.10. The van der Waals surface area contributed by atoms with Gasteiger partial charge in [0.25, 0.3) is 11.1 Å². The predicted molar refractivity (Wildman–Crippen MR) is 103 cm³/mol. The van der Waals surface area contributed by atoms with Crippen LogP contribution in [0.2, 0.25) is 0 Å². The lowest BCUT2D eigenvalue weighted by Gasteiger charge is -2.21. The van der Waals surface area contributed by atoms with Crippen LogP contribution in [0, 0.1) is 0 Å². The first kappa shape index (κ1) is 19.0. The van der Waals surface area contributed by atoms with Crippen molar-refractivity contribution in [3.63, 3.8) is 0 Å². The van der Waals surface area contributed by atoms with Crippen LogP contribution >= 0.6 is 11.8 Å². The third-order valence-corrected chi connectivity index (χ3v) is 4.68. The van der Waals surface area contributed by atoms with Gasteiger partial charge in [-0.05, 0) is 24.6 Å². The number of aromatic nitrogens is 1. The van der Waals surface area contributed by atoms with Gasteiger partial charge in [-0.15, -0.1) is 0 Å². The van der Waals surface area contributed by atoms with Gasteiger partial charge in [0.2, 0.25) is 0 Å². The quantitative estimate of drug-likeness (QED) is 0.458. The Balaban J connectivity index is 1.48. The summed E-state index contributed by atoms with van der Waals surface area (Å²) in [5.74, 6) is -0.720. The molecule has 0 spiro atoms. The Morgan fingerprint density at radius 2 is 1.85 bits per heavy atom. The van der Waals surface area contributed by atoms with E-state index in [2.05, 4.69) is 4.98 Å². The first-order valence-electron chi connectivity index (χ1n) is 8.49. The normalized spacial score (nSPS) is 11.9. The van der Waals surface area contributed by atoms with Crippen LogP contribution < -0.4 is 0 Å². The van der Waals surface area contributed by atoms with Gasteiger partial charge >= 0.3 is 5.97 Å². The van der Waals surface area contributed by atoms with Gasteiger partial charge in [0.15, 0.2) is 11.7 Å². The van der Waals surface area contributed by atoms with Gasteiger partial charge in [-0.2, -0.15) is 0 Å². The number of para-hydroxylation sites is 2. The van der Waals surface area contributed by atoms with Gasteiger partial charge in [-0.3, -0.25) is 9.59 Å². The number of rotatable bonds is 7. The number of esters is 1. The maximum Gasteiger partial charge on any atom is 0.317 e. The van der Waals surface area contributed by atoms with E-state index in [-0.39, 0.29) is 11.7 Å². The first-order chi connectivity index (χ1) is 13.0. The first-order valence-corrected chi connectivity index (χ1v) is 9.48. The summed E-state index contributed by atoms with van der Waals surface area (Å²) in [6.45, 7) is 2.03. The highest BCUT2D eigenvalue weighted by molar-refractivity contribution is 7.99. The number of fused-ring (bicyclic) bond motifs is 1. The molecule has 0 aliphatic rings. The van der Waals surface area contributed by atoms with E-state index in [0.29, 0.717) is 17.4 Å². The molecule has 2 aromatic carbocycles. The lowest BCUT2D eigenvalue weighted by Crippen LogP contribution is -2.37. The molecule has 3 aromatic rings. The number of benzene rings is 2. The number of amides is 1. The molecule has 0 N–H and O–H groups in total. The number of carbonyl (C=O) groups excluding carboxylic acids is 2. The standard InChI is InChI=1S/C20H20N2O4S/c1-14(19(24)22(2)12-15-8-4-3-5-9-15)25-18(23)13-27-20-21-16-10-6-7-11-17(16)26-20/h3-11,14H,12-13H2,1-2H3. The highest BCUT2D eigenvalue weighted by Gasteiger charge is 2.22. The minimum absolute atomic E-state index is 0.0207. The van der Waals surface area contributed by atoms with E-state index < -0.39 is 12.1 Å². The van der Waals surface area contributed by atoms with E-state index in [4.69, 9.17) is 9.15 Å². The number of oxazole rings is 1. The SMILES string of the molecule is CC(OC(=O)CSc1nc2ccccc2o1)C(=O)N(C)Cc1ccccc1. The van der Waals surface area contributed by atoms with E-state index in [0.717, 1.165) is 22.8 Å². The molecule has 0 aliphatic heterocycles. The molecule has 0 bridgehead atoms. The van der Waals surface area contributed by atoms with Crippen LogP contribution in [0.5, 0.6) is 0 Å². The van der Waals surface area contributed by atoms with Crippen LogP contribution in [0.3, 0.4) is 0 Å². The lowest BCUT2D eigenvalue weighted by atomic mass is 10.2. The average Bonchev–Trinajstić information content (AvgIpc) is 3.09. The van der Waals surface area contributed by atoms with Crippen LogP contribution in [0.25, 0.3) is 11.1 Å². The number of likely N-dealkylation sites (N-methyl/N-ethyl adjacent to an activating group) is 1. The summed E-state index contributed by atoms with van der Waals surface area (Å²) in [7, 11) is 1.69. The molecule has 1 heterocycles. The topological polar surface area (TPSA) is 72.6 Å². The molecular weight excluding hydrogens is 364 g/mol. The fraction of sp³-hybridized carbons (Fsp3) is 0.250. The number of thioether (sulfide) groups is 1. The molecule has 0 aliphatic carbocycles. The molecule has 0 fully saturated rings. The maximum atomic E-state index is 12.4. The summed E-state index contributed by atoms with van der Waals surface area (Å²) in [5.41, 5.74) is 2.41. The predicted octanol–water partition coefficient (Wildman–Crippen LogP) is 3.51. The summed E-state index contributed by atoms with van der Waals surface area (Å²) in [6, 6.07) is 17.0.